The Morgan fingerprint density at radius 1 is 1.22 bits per heavy atom. The molecular weight excluding hydrogens is 222 g/mol. The summed E-state index contributed by atoms with van der Waals surface area (Å²) in [4.78, 5) is 0. The summed E-state index contributed by atoms with van der Waals surface area (Å²) in [5, 5.41) is 3.70. The molecule has 1 aliphatic carbocycles. The Labute approximate surface area is 111 Å². The zero-order valence-electron chi connectivity index (χ0n) is 12.0. The molecule has 0 radical (unpaired) electrons. The average Bonchev–Trinajstić information content (AvgIpc) is 2.34. The van der Waals surface area contributed by atoms with Crippen molar-refractivity contribution in [3.8, 4) is 5.75 Å². The van der Waals surface area contributed by atoms with Crippen LogP contribution >= 0.6 is 0 Å². The van der Waals surface area contributed by atoms with Gasteiger partial charge in [-0.3, -0.25) is 0 Å². The number of hydrogen-bond donors (Lipinski definition) is 1. The van der Waals surface area contributed by atoms with E-state index in [0.29, 0.717) is 6.04 Å². The minimum Gasteiger partial charge on any atom is -0.495 e. The molecule has 1 aliphatic rings. The first-order valence-corrected chi connectivity index (χ1v) is 7.01. The topological polar surface area (TPSA) is 21.3 Å². The monoisotopic (exact) mass is 247 g/mol. The Bertz CT molecular complexity index is 402. The summed E-state index contributed by atoms with van der Waals surface area (Å²) >= 11 is 0. The first kappa shape index (κ1) is 13.3. The van der Waals surface area contributed by atoms with Crippen LogP contribution in [0.25, 0.3) is 0 Å². The van der Waals surface area contributed by atoms with Crippen LogP contribution in [0.4, 0.5) is 5.69 Å². The van der Waals surface area contributed by atoms with Crippen LogP contribution in [-0.4, -0.2) is 13.2 Å². The molecule has 18 heavy (non-hydrogen) atoms. The Hall–Kier alpha value is -1.18. The molecule has 2 rings (SSSR count). The highest BCUT2D eigenvalue weighted by Gasteiger charge is 2.25. The van der Waals surface area contributed by atoms with Gasteiger partial charge in [0.1, 0.15) is 5.75 Å². The molecule has 2 nitrogen and oxygen atoms in total. The van der Waals surface area contributed by atoms with Crippen molar-refractivity contribution in [2.75, 3.05) is 12.4 Å². The summed E-state index contributed by atoms with van der Waals surface area (Å²) in [6.07, 6.45) is 3.95. The summed E-state index contributed by atoms with van der Waals surface area (Å²) in [6.45, 7) is 6.83. The molecule has 0 aromatic heterocycles. The molecule has 1 saturated carbocycles. The lowest BCUT2D eigenvalue weighted by Crippen LogP contribution is -2.33. The van der Waals surface area contributed by atoms with Gasteiger partial charge >= 0.3 is 0 Å². The van der Waals surface area contributed by atoms with Gasteiger partial charge in [0.15, 0.2) is 0 Å². The highest BCUT2D eigenvalue weighted by atomic mass is 16.5. The van der Waals surface area contributed by atoms with Crippen LogP contribution in [0.1, 0.15) is 38.7 Å². The van der Waals surface area contributed by atoms with Crippen molar-refractivity contribution in [2.24, 2.45) is 11.8 Å². The van der Waals surface area contributed by atoms with Gasteiger partial charge in [0.25, 0.3) is 0 Å². The molecule has 0 saturated heterocycles. The van der Waals surface area contributed by atoms with Crippen molar-refractivity contribution in [2.45, 2.75) is 46.1 Å². The van der Waals surface area contributed by atoms with Gasteiger partial charge in [-0.2, -0.15) is 0 Å². The third-order valence-electron chi connectivity index (χ3n) is 4.15. The Balaban J connectivity index is 2.14. The summed E-state index contributed by atoms with van der Waals surface area (Å²) in [6, 6.07) is 6.90. The van der Waals surface area contributed by atoms with Gasteiger partial charge in [0.2, 0.25) is 0 Å². The van der Waals surface area contributed by atoms with E-state index in [1.54, 1.807) is 7.11 Å². The first-order valence-electron chi connectivity index (χ1n) is 7.01. The molecule has 0 spiro atoms. The van der Waals surface area contributed by atoms with Gasteiger partial charge in [-0.1, -0.05) is 26.3 Å². The molecule has 1 N–H and O–H groups in total. The fraction of sp³-hybridized carbons (Fsp3) is 0.625. The van der Waals surface area contributed by atoms with Crippen molar-refractivity contribution >= 4 is 5.69 Å². The molecule has 3 atom stereocenters. The number of methoxy groups -OCH3 is 1. The third kappa shape index (κ3) is 2.98. The van der Waals surface area contributed by atoms with Crippen molar-refractivity contribution < 1.29 is 4.74 Å². The van der Waals surface area contributed by atoms with Crippen LogP contribution in [-0.2, 0) is 0 Å². The second kappa shape index (κ2) is 5.64. The fourth-order valence-corrected chi connectivity index (χ4v) is 2.87. The zero-order chi connectivity index (χ0) is 13.1. The van der Waals surface area contributed by atoms with Gasteiger partial charge in [0, 0.05) is 6.04 Å². The Kier molecular flexibility index (Phi) is 4.15. The number of hydrogen-bond acceptors (Lipinski definition) is 2. The van der Waals surface area contributed by atoms with E-state index in [1.807, 2.05) is 0 Å². The van der Waals surface area contributed by atoms with Gasteiger partial charge in [-0.15, -0.1) is 0 Å². The summed E-state index contributed by atoms with van der Waals surface area (Å²) in [7, 11) is 1.74. The predicted octanol–water partition coefficient (Wildman–Crippen LogP) is 4.24. The second-order valence-electron chi connectivity index (χ2n) is 5.85. The van der Waals surface area contributed by atoms with Crippen LogP contribution in [0.15, 0.2) is 18.2 Å². The SMILES string of the molecule is COc1ccc(C)cc1NC1CC(C)CCC1C. The maximum Gasteiger partial charge on any atom is 0.141 e. The first-order chi connectivity index (χ1) is 8.60. The minimum absolute atomic E-state index is 0.574. The lowest BCUT2D eigenvalue weighted by atomic mass is 9.80. The quantitative estimate of drug-likeness (QED) is 0.862. The normalized spacial score (nSPS) is 27.9. The molecule has 0 heterocycles. The van der Waals surface area contributed by atoms with E-state index >= 15 is 0 Å². The van der Waals surface area contributed by atoms with Crippen molar-refractivity contribution in [3.63, 3.8) is 0 Å². The highest BCUT2D eigenvalue weighted by Crippen LogP contribution is 2.33. The molecule has 0 amide bonds. The van der Waals surface area contributed by atoms with Gasteiger partial charge in [-0.05, 0) is 49.3 Å². The van der Waals surface area contributed by atoms with Gasteiger partial charge in [-0.25, -0.2) is 0 Å². The molecular formula is C16H25NO. The standard InChI is InChI=1S/C16H25NO/c1-11-5-7-13(3)14(9-11)17-15-10-12(2)6-8-16(15)18-4/h6,8,10-11,13-14,17H,5,7,9H2,1-4H3. The molecule has 1 aromatic carbocycles. The summed E-state index contributed by atoms with van der Waals surface area (Å²) in [5.74, 6) is 2.52. The molecule has 3 unspecified atom stereocenters. The van der Waals surface area contributed by atoms with E-state index in [9.17, 15) is 0 Å². The van der Waals surface area contributed by atoms with E-state index < -0.39 is 0 Å². The van der Waals surface area contributed by atoms with Crippen LogP contribution in [0.3, 0.4) is 0 Å². The van der Waals surface area contributed by atoms with Crippen LogP contribution < -0.4 is 10.1 Å². The maximum absolute atomic E-state index is 5.44. The van der Waals surface area contributed by atoms with Crippen molar-refractivity contribution in [1.82, 2.24) is 0 Å². The largest absolute Gasteiger partial charge is 0.495 e. The molecule has 1 aromatic rings. The zero-order valence-corrected chi connectivity index (χ0v) is 12.0. The number of nitrogens with one attached hydrogen (secondary N) is 1. The van der Waals surface area contributed by atoms with Crippen LogP contribution in [0.5, 0.6) is 5.75 Å². The summed E-state index contributed by atoms with van der Waals surface area (Å²) < 4.78 is 5.44. The van der Waals surface area contributed by atoms with Crippen LogP contribution in [0, 0.1) is 18.8 Å². The highest BCUT2D eigenvalue weighted by molar-refractivity contribution is 5.58. The lowest BCUT2D eigenvalue weighted by molar-refractivity contribution is 0.280. The number of aryl methyl sites for hydroxylation is 1. The van der Waals surface area contributed by atoms with Gasteiger partial charge in [0.05, 0.1) is 12.8 Å². The molecule has 0 aliphatic heterocycles. The number of benzene rings is 1. The van der Waals surface area contributed by atoms with E-state index in [1.165, 1.54) is 24.8 Å². The minimum atomic E-state index is 0.574. The van der Waals surface area contributed by atoms with E-state index in [-0.39, 0.29) is 0 Å². The van der Waals surface area contributed by atoms with Gasteiger partial charge < -0.3 is 10.1 Å². The Morgan fingerprint density at radius 3 is 2.72 bits per heavy atom. The lowest BCUT2D eigenvalue weighted by Gasteiger charge is -2.34. The summed E-state index contributed by atoms with van der Waals surface area (Å²) in [5.41, 5.74) is 2.42. The van der Waals surface area contributed by atoms with Crippen molar-refractivity contribution in [1.29, 1.82) is 0 Å². The Morgan fingerprint density at radius 2 is 2.00 bits per heavy atom. The number of anilines is 1. The second-order valence-corrected chi connectivity index (χ2v) is 5.85. The molecule has 2 heteroatoms. The van der Waals surface area contributed by atoms with E-state index in [0.717, 1.165) is 23.3 Å². The van der Waals surface area contributed by atoms with Crippen LogP contribution in [0.2, 0.25) is 0 Å². The van der Waals surface area contributed by atoms with E-state index in [2.05, 4.69) is 44.3 Å². The molecule has 0 bridgehead atoms. The smallest absolute Gasteiger partial charge is 0.141 e. The predicted molar refractivity (Wildman–Crippen MR) is 77.3 cm³/mol. The molecule has 100 valence electrons. The van der Waals surface area contributed by atoms with Crippen molar-refractivity contribution in [3.05, 3.63) is 23.8 Å². The maximum atomic E-state index is 5.44. The fourth-order valence-electron chi connectivity index (χ4n) is 2.87. The number of ether oxygens (including phenoxy) is 1. The average molecular weight is 247 g/mol. The third-order valence-corrected chi connectivity index (χ3v) is 4.15. The number of rotatable bonds is 3. The molecule has 1 fully saturated rings. The van der Waals surface area contributed by atoms with E-state index in [4.69, 9.17) is 4.74 Å².